The molecule has 24 heavy (non-hydrogen) atoms. The van der Waals surface area contributed by atoms with Crippen LogP contribution in [0.25, 0.3) is 0 Å². The van der Waals surface area contributed by atoms with E-state index < -0.39 is 0 Å². The first-order valence-electron chi connectivity index (χ1n) is 7.69. The number of ether oxygens (including phenoxy) is 1. The summed E-state index contributed by atoms with van der Waals surface area (Å²) in [5.74, 6) is 0.571. The van der Waals surface area contributed by atoms with Crippen LogP contribution in [0.5, 0.6) is 0 Å². The maximum absolute atomic E-state index is 12.6. The summed E-state index contributed by atoms with van der Waals surface area (Å²) in [5, 5.41) is 5.00. The summed E-state index contributed by atoms with van der Waals surface area (Å²) in [6.45, 7) is 2.83. The van der Waals surface area contributed by atoms with Gasteiger partial charge in [-0.3, -0.25) is 0 Å². The van der Waals surface area contributed by atoms with E-state index in [4.69, 9.17) is 4.74 Å². The van der Waals surface area contributed by atoms with Gasteiger partial charge in [-0.25, -0.2) is 9.59 Å². The Morgan fingerprint density at radius 3 is 2.75 bits per heavy atom. The van der Waals surface area contributed by atoms with E-state index in [1.54, 1.807) is 54.3 Å². The number of carbonyl (C=O) groups excluding carboxylic acids is 2. The number of amides is 2. The van der Waals surface area contributed by atoms with Crippen LogP contribution in [0.2, 0.25) is 0 Å². The first kappa shape index (κ1) is 16.9. The normalized spacial score (nSPS) is 16.9. The van der Waals surface area contributed by atoms with Crippen molar-refractivity contribution in [1.82, 2.24) is 4.90 Å². The van der Waals surface area contributed by atoms with Crippen molar-refractivity contribution in [2.45, 2.75) is 12.3 Å². The van der Waals surface area contributed by atoms with E-state index in [2.05, 4.69) is 11.4 Å². The molecule has 1 aliphatic rings. The van der Waals surface area contributed by atoms with Gasteiger partial charge in [0.05, 0.1) is 12.2 Å². The second kappa shape index (κ2) is 7.72. The Bertz CT molecular complexity index is 701. The van der Waals surface area contributed by atoms with Crippen molar-refractivity contribution >= 4 is 40.8 Å². The molecule has 1 atom stereocenters. The molecule has 1 aromatic heterocycles. The van der Waals surface area contributed by atoms with Crippen LogP contribution in [-0.4, -0.2) is 35.8 Å². The number of hydrogen-bond donors (Lipinski definition) is 1. The lowest BCUT2D eigenvalue weighted by Gasteiger charge is -2.23. The summed E-state index contributed by atoms with van der Waals surface area (Å²) < 4.78 is 4.95. The lowest BCUT2D eigenvalue weighted by molar-refractivity contribution is 0.0526. The van der Waals surface area contributed by atoms with Crippen molar-refractivity contribution in [1.29, 1.82) is 0 Å². The highest BCUT2D eigenvalue weighted by atomic mass is 32.2. The van der Waals surface area contributed by atoms with Crippen LogP contribution < -0.4 is 5.32 Å². The monoisotopic (exact) mass is 362 g/mol. The number of rotatable bonds is 4. The molecule has 0 unspecified atom stereocenters. The summed E-state index contributed by atoms with van der Waals surface area (Å²) in [4.78, 5) is 27.2. The Kier molecular flexibility index (Phi) is 5.42. The fourth-order valence-electron chi connectivity index (χ4n) is 2.44. The highest BCUT2D eigenvalue weighted by Gasteiger charge is 2.31. The number of nitrogens with one attached hydrogen (secondary N) is 1. The van der Waals surface area contributed by atoms with Gasteiger partial charge in [0.25, 0.3) is 0 Å². The average Bonchev–Trinajstić information content (AvgIpc) is 3.26. The van der Waals surface area contributed by atoms with Gasteiger partial charge in [-0.2, -0.15) is 0 Å². The zero-order valence-electron chi connectivity index (χ0n) is 13.2. The lowest BCUT2D eigenvalue weighted by atomic mass is 10.2. The minimum absolute atomic E-state index is 0.0730. The number of nitrogens with zero attached hydrogens (tertiary/aromatic N) is 1. The van der Waals surface area contributed by atoms with Crippen LogP contribution in [0.3, 0.4) is 0 Å². The van der Waals surface area contributed by atoms with E-state index in [0.717, 1.165) is 12.3 Å². The summed E-state index contributed by atoms with van der Waals surface area (Å²) in [5.41, 5.74) is 1.14. The van der Waals surface area contributed by atoms with Crippen molar-refractivity contribution in [3.8, 4) is 0 Å². The molecule has 2 aromatic rings. The number of esters is 1. The molecule has 0 aliphatic carbocycles. The van der Waals surface area contributed by atoms with Crippen LogP contribution >= 0.6 is 23.1 Å². The first-order valence-corrected chi connectivity index (χ1v) is 9.61. The first-order chi connectivity index (χ1) is 11.7. The molecule has 0 bridgehead atoms. The topological polar surface area (TPSA) is 58.6 Å². The van der Waals surface area contributed by atoms with Crippen molar-refractivity contribution in [3.63, 3.8) is 0 Å². The van der Waals surface area contributed by atoms with E-state index in [1.807, 2.05) is 16.3 Å². The molecule has 7 heteroatoms. The van der Waals surface area contributed by atoms with Crippen molar-refractivity contribution in [2.24, 2.45) is 0 Å². The van der Waals surface area contributed by atoms with Crippen LogP contribution in [0.15, 0.2) is 41.8 Å². The molecule has 2 heterocycles. The summed E-state index contributed by atoms with van der Waals surface area (Å²) in [7, 11) is 0. The third-order valence-electron chi connectivity index (χ3n) is 3.59. The molecule has 0 radical (unpaired) electrons. The smallest absolute Gasteiger partial charge is 0.338 e. The highest BCUT2D eigenvalue weighted by molar-refractivity contribution is 7.99. The molecule has 0 spiro atoms. The van der Waals surface area contributed by atoms with Crippen molar-refractivity contribution < 1.29 is 14.3 Å². The van der Waals surface area contributed by atoms with E-state index in [0.29, 0.717) is 17.9 Å². The Morgan fingerprint density at radius 2 is 2.08 bits per heavy atom. The average molecular weight is 362 g/mol. The number of thioether (sulfide) groups is 1. The third kappa shape index (κ3) is 3.73. The van der Waals surface area contributed by atoms with E-state index in [9.17, 15) is 9.59 Å². The number of anilines is 1. The fourth-order valence-corrected chi connectivity index (χ4v) is 4.68. The molecule has 1 aromatic carbocycles. The molecule has 1 aliphatic heterocycles. The Morgan fingerprint density at radius 1 is 1.29 bits per heavy atom. The van der Waals surface area contributed by atoms with Gasteiger partial charge in [0, 0.05) is 22.9 Å². The minimum atomic E-state index is -0.357. The van der Waals surface area contributed by atoms with E-state index in [1.165, 1.54) is 4.88 Å². The van der Waals surface area contributed by atoms with Gasteiger partial charge in [0.2, 0.25) is 0 Å². The summed E-state index contributed by atoms with van der Waals surface area (Å²) >= 11 is 3.44. The Labute approximate surface area is 149 Å². The van der Waals surface area contributed by atoms with Crippen LogP contribution in [0.4, 0.5) is 10.5 Å². The highest BCUT2D eigenvalue weighted by Crippen LogP contribution is 2.40. The second-order valence-corrected chi connectivity index (χ2v) is 7.33. The number of benzene rings is 1. The molecule has 126 valence electrons. The second-order valence-electron chi connectivity index (χ2n) is 5.16. The van der Waals surface area contributed by atoms with Gasteiger partial charge >= 0.3 is 12.0 Å². The van der Waals surface area contributed by atoms with Gasteiger partial charge in [-0.05, 0) is 42.6 Å². The fraction of sp³-hybridized carbons (Fsp3) is 0.294. The molecule has 2 amide bonds. The maximum Gasteiger partial charge on any atom is 0.338 e. The predicted molar refractivity (Wildman–Crippen MR) is 97.6 cm³/mol. The molecule has 1 fully saturated rings. The van der Waals surface area contributed by atoms with E-state index >= 15 is 0 Å². The van der Waals surface area contributed by atoms with Crippen molar-refractivity contribution in [3.05, 3.63) is 52.2 Å². The number of thiophene rings is 1. The molecular formula is C17H18N2O3S2. The molecule has 3 rings (SSSR count). The minimum Gasteiger partial charge on any atom is -0.462 e. The van der Waals surface area contributed by atoms with Gasteiger partial charge in [0.1, 0.15) is 5.37 Å². The Hall–Kier alpha value is -1.99. The number of carbonyl (C=O) groups is 2. The SMILES string of the molecule is CCOC(=O)c1ccc(NC(=O)N2CCS[C@H]2c2cccs2)cc1. The molecule has 1 saturated heterocycles. The van der Waals surface area contributed by atoms with Gasteiger partial charge in [-0.15, -0.1) is 23.1 Å². The van der Waals surface area contributed by atoms with Gasteiger partial charge in [0.15, 0.2) is 0 Å². The summed E-state index contributed by atoms with van der Waals surface area (Å²) in [6, 6.07) is 10.7. The largest absolute Gasteiger partial charge is 0.462 e. The molecule has 1 N–H and O–H groups in total. The van der Waals surface area contributed by atoms with Crippen LogP contribution in [-0.2, 0) is 4.74 Å². The molecular weight excluding hydrogens is 344 g/mol. The lowest BCUT2D eigenvalue weighted by Crippen LogP contribution is -2.34. The number of urea groups is 1. The Balaban J connectivity index is 1.65. The zero-order chi connectivity index (χ0) is 16.9. The van der Waals surface area contributed by atoms with Gasteiger partial charge in [-0.1, -0.05) is 6.07 Å². The predicted octanol–water partition coefficient (Wildman–Crippen LogP) is 4.20. The standard InChI is InChI=1S/C17H18N2O3S2/c1-2-22-16(20)12-5-7-13(8-6-12)18-17(21)19-9-11-24-15(19)14-4-3-10-23-14/h3-8,10,15H,2,9,11H2,1H3,(H,18,21)/t15-/m0/s1. The quantitative estimate of drug-likeness (QED) is 0.828. The van der Waals surface area contributed by atoms with Crippen LogP contribution in [0, 0.1) is 0 Å². The van der Waals surface area contributed by atoms with E-state index in [-0.39, 0.29) is 17.4 Å². The summed E-state index contributed by atoms with van der Waals surface area (Å²) in [6.07, 6.45) is 0. The van der Waals surface area contributed by atoms with Crippen molar-refractivity contribution in [2.75, 3.05) is 24.2 Å². The number of hydrogen-bond acceptors (Lipinski definition) is 5. The molecule has 0 saturated carbocycles. The van der Waals surface area contributed by atoms with Crippen LogP contribution in [0.1, 0.15) is 27.5 Å². The zero-order valence-corrected chi connectivity index (χ0v) is 14.9. The molecule has 5 nitrogen and oxygen atoms in total. The van der Waals surface area contributed by atoms with Gasteiger partial charge < -0.3 is 15.0 Å². The maximum atomic E-state index is 12.6. The third-order valence-corrected chi connectivity index (χ3v) is 5.90.